The summed E-state index contributed by atoms with van der Waals surface area (Å²) in [6, 6.07) is 8.92. The quantitative estimate of drug-likeness (QED) is 0.220. The number of methoxy groups -OCH3 is 1. The summed E-state index contributed by atoms with van der Waals surface area (Å²) in [6.07, 6.45) is 20.3. The number of hydrogen-bond donors (Lipinski definition) is 0. The van der Waals surface area contributed by atoms with Crippen molar-refractivity contribution in [1.29, 1.82) is 0 Å². The molecule has 1 aromatic carbocycles. The van der Waals surface area contributed by atoms with Crippen molar-refractivity contribution in [2.24, 2.45) is 0 Å². The predicted molar refractivity (Wildman–Crippen MR) is 129 cm³/mol. The van der Waals surface area contributed by atoms with Crippen LogP contribution in [0.15, 0.2) is 30.3 Å². The summed E-state index contributed by atoms with van der Waals surface area (Å²) < 4.78 is 4.80. The summed E-state index contributed by atoms with van der Waals surface area (Å²) in [4.78, 5) is 25.8. The standard InChI is InChI=1S/C27H45NO3/c1-3-4-5-6-7-8-9-10-11-12-13-14-15-16-17-21-24-28(27(30)31-2)26(29)25-22-19-18-20-23-25/h18-20,22-23H,3-17,21,24H2,1-2H3. The lowest BCUT2D eigenvalue weighted by molar-refractivity contribution is 0.0703. The Bertz CT molecular complexity index is 573. The van der Waals surface area contributed by atoms with Crippen molar-refractivity contribution in [3.8, 4) is 0 Å². The van der Waals surface area contributed by atoms with Gasteiger partial charge < -0.3 is 4.74 Å². The number of imide groups is 1. The molecular weight excluding hydrogens is 386 g/mol. The molecule has 0 spiro atoms. The number of nitrogens with zero attached hydrogens (tertiary/aromatic N) is 1. The number of amides is 2. The van der Waals surface area contributed by atoms with E-state index in [2.05, 4.69) is 6.92 Å². The van der Waals surface area contributed by atoms with Gasteiger partial charge in [0.1, 0.15) is 0 Å². The number of carbonyl (C=O) groups is 2. The third-order valence-electron chi connectivity index (χ3n) is 5.90. The monoisotopic (exact) mass is 431 g/mol. The lowest BCUT2D eigenvalue weighted by Gasteiger charge is -2.19. The zero-order valence-corrected chi connectivity index (χ0v) is 20.1. The minimum absolute atomic E-state index is 0.284. The van der Waals surface area contributed by atoms with E-state index < -0.39 is 6.09 Å². The first kappa shape index (κ1) is 27.2. The Balaban J connectivity index is 2.01. The number of ether oxygens (including phenoxy) is 1. The third-order valence-corrected chi connectivity index (χ3v) is 5.90. The van der Waals surface area contributed by atoms with Crippen molar-refractivity contribution in [3.63, 3.8) is 0 Å². The van der Waals surface area contributed by atoms with Crippen molar-refractivity contribution < 1.29 is 14.3 Å². The van der Waals surface area contributed by atoms with Gasteiger partial charge in [0.15, 0.2) is 0 Å². The van der Waals surface area contributed by atoms with Gasteiger partial charge in [0.05, 0.1) is 7.11 Å². The van der Waals surface area contributed by atoms with Crippen LogP contribution >= 0.6 is 0 Å². The predicted octanol–water partition coefficient (Wildman–Crippen LogP) is 8.16. The van der Waals surface area contributed by atoms with Crippen molar-refractivity contribution in [2.45, 2.75) is 110 Å². The minimum Gasteiger partial charge on any atom is -0.452 e. The maximum Gasteiger partial charge on any atom is 0.416 e. The van der Waals surface area contributed by atoms with Gasteiger partial charge in [-0.15, -0.1) is 0 Å². The molecule has 0 saturated heterocycles. The molecule has 1 aromatic rings. The fraction of sp³-hybridized carbons (Fsp3) is 0.704. The molecule has 0 heterocycles. The van der Waals surface area contributed by atoms with Crippen molar-refractivity contribution in [3.05, 3.63) is 35.9 Å². The molecule has 0 atom stereocenters. The van der Waals surface area contributed by atoms with Crippen LogP contribution in [0.25, 0.3) is 0 Å². The van der Waals surface area contributed by atoms with Crippen LogP contribution in [0.1, 0.15) is 120 Å². The van der Waals surface area contributed by atoms with Crippen molar-refractivity contribution >= 4 is 12.0 Å². The molecule has 0 bridgehead atoms. The maximum absolute atomic E-state index is 12.6. The molecular formula is C27H45NO3. The first-order valence-electron chi connectivity index (χ1n) is 12.7. The Morgan fingerprint density at radius 3 is 1.52 bits per heavy atom. The lowest BCUT2D eigenvalue weighted by Crippen LogP contribution is -2.37. The Labute approximate surface area is 190 Å². The molecule has 0 unspecified atom stereocenters. The van der Waals surface area contributed by atoms with Crippen LogP contribution in [0, 0.1) is 0 Å². The average Bonchev–Trinajstić information content (AvgIpc) is 2.81. The molecule has 31 heavy (non-hydrogen) atoms. The van der Waals surface area contributed by atoms with Crippen LogP contribution in [0.5, 0.6) is 0 Å². The van der Waals surface area contributed by atoms with E-state index in [0.717, 1.165) is 19.3 Å². The second kappa shape index (κ2) is 18.9. The number of carbonyl (C=O) groups excluding carboxylic acids is 2. The summed E-state index contributed by atoms with van der Waals surface area (Å²) in [5, 5.41) is 0. The van der Waals surface area contributed by atoms with Crippen LogP contribution in [0.2, 0.25) is 0 Å². The third kappa shape index (κ3) is 13.2. The molecule has 0 aromatic heterocycles. The smallest absolute Gasteiger partial charge is 0.416 e. The highest BCUT2D eigenvalue weighted by molar-refractivity contribution is 6.02. The summed E-state index contributed by atoms with van der Waals surface area (Å²) >= 11 is 0. The molecule has 176 valence electrons. The Hall–Kier alpha value is -1.84. The second-order valence-electron chi connectivity index (χ2n) is 8.60. The number of unbranched alkanes of at least 4 members (excludes halogenated alkanes) is 15. The summed E-state index contributed by atoms with van der Waals surface area (Å²) in [5.74, 6) is -0.284. The molecule has 0 radical (unpaired) electrons. The summed E-state index contributed by atoms with van der Waals surface area (Å²) in [5.41, 5.74) is 0.518. The summed E-state index contributed by atoms with van der Waals surface area (Å²) in [6.45, 7) is 2.69. The molecule has 0 aliphatic heterocycles. The van der Waals surface area contributed by atoms with E-state index >= 15 is 0 Å². The fourth-order valence-corrected chi connectivity index (χ4v) is 3.94. The Morgan fingerprint density at radius 1 is 0.677 bits per heavy atom. The van der Waals surface area contributed by atoms with E-state index in [1.54, 1.807) is 24.3 Å². The lowest BCUT2D eigenvalue weighted by atomic mass is 10.0. The Kier molecular flexibility index (Phi) is 16.6. The van der Waals surface area contributed by atoms with Gasteiger partial charge >= 0.3 is 6.09 Å². The molecule has 2 amide bonds. The van der Waals surface area contributed by atoms with E-state index in [4.69, 9.17) is 4.74 Å². The van der Waals surface area contributed by atoms with Gasteiger partial charge in [-0.1, -0.05) is 121 Å². The molecule has 0 N–H and O–H groups in total. The topological polar surface area (TPSA) is 46.6 Å². The van der Waals surface area contributed by atoms with E-state index in [9.17, 15) is 9.59 Å². The molecule has 1 rings (SSSR count). The second-order valence-corrected chi connectivity index (χ2v) is 8.60. The Morgan fingerprint density at radius 2 is 1.10 bits per heavy atom. The first-order valence-corrected chi connectivity index (χ1v) is 12.7. The van der Waals surface area contributed by atoms with Crippen LogP contribution in [-0.2, 0) is 4.74 Å². The molecule has 0 fully saturated rings. The van der Waals surface area contributed by atoms with Crippen molar-refractivity contribution in [2.75, 3.05) is 13.7 Å². The average molecular weight is 432 g/mol. The van der Waals surface area contributed by atoms with Gasteiger partial charge in [0, 0.05) is 12.1 Å². The highest BCUT2D eigenvalue weighted by Gasteiger charge is 2.22. The molecule has 0 aliphatic rings. The van der Waals surface area contributed by atoms with Crippen LogP contribution in [0.3, 0.4) is 0 Å². The highest BCUT2D eigenvalue weighted by Crippen LogP contribution is 2.14. The van der Waals surface area contributed by atoms with Gasteiger partial charge in [0.2, 0.25) is 0 Å². The van der Waals surface area contributed by atoms with E-state index in [-0.39, 0.29) is 5.91 Å². The van der Waals surface area contributed by atoms with E-state index in [1.165, 1.54) is 95.5 Å². The number of hydrogen-bond acceptors (Lipinski definition) is 3. The number of rotatable bonds is 18. The van der Waals surface area contributed by atoms with E-state index in [0.29, 0.717) is 12.1 Å². The molecule has 4 nitrogen and oxygen atoms in total. The van der Waals surface area contributed by atoms with Gasteiger partial charge in [-0.25, -0.2) is 9.69 Å². The van der Waals surface area contributed by atoms with Gasteiger partial charge in [-0.2, -0.15) is 0 Å². The highest BCUT2D eigenvalue weighted by atomic mass is 16.5. The minimum atomic E-state index is -0.574. The summed E-state index contributed by atoms with van der Waals surface area (Å²) in [7, 11) is 1.32. The normalized spacial score (nSPS) is 10.8. The van der Waals surface area contributed by atoms with E-state index in [1.807, 2.05) is 6.07 Å². The number of benzene rings is 1. The maximum atomic E-state index is 12.6. The molecule has 4 heteroatoms. The SMILES string of the molecule is CCCCCCCCCCCCCCCCCCN(C(=O)OC)C(=O)c1ccccc1. The van der Waals surface area contributed by atoms with Gasteiger partial charge in [-0.3, -0.25) is 4.79 Å². The zero-order chi connectivity index (χ0) is 22.6. The van der Waals surface area contributed by atoms with Crippen LogP contribution in [0.4, 0.5) is 4.79 Å². The zero-order valence-electron chi connectivity index (χ0n) is 20.1. The van der Waals surface area contributed by atoms with Crippen LogP contribution in [-0.4, -0.2) is 30.6 Å². The molecule has 0 aliphatic carbocycles. The van der Waals surface area contributed by atoms with Gasteiger partial charge in [0.25, 0.3) is 5.91 Å². The molecule has 0 saturated carbocycles. The first-order chi connectivity index (χ1) is 15.2. The van der Waals surface area contributed by atoms with Gasteiger partial charge in [-0.05, 0) is 18.6 Å². The largest absolute Gasteiger partial charge is 0.452 e. The van der Waals surface area contributed by atoms with Crippen LogP contribution < -0.4 is 0 Å². The fourth-order valence-electron chi connectivity index (χ4n) is 3.94. The van der Waals surface area contributed by atoms with Crippen molar-refractivity contribution in [1.82, 2.24) is 4.90 Å².